The van der Waals surface area contributed by atoms with Crippen LogP contribution in [0.2, 0.25) is 0 Å². The summed E-state index contributed by atoms with van der Waals surface area (Å²) in [7, 11) is 1.59. The van der Waals surface area contributed by atoms with Crippen LogP contribution in [0.1, 0.15) is 15.9 Å². The number of amides is 1. The van der Waals surface area contributed by atoms with E-state index in [1.807, 2.05) is 18.2 Å². The predicted molar refractivity (Wildman–Crippen MR) is 100 cm³/mol. The van der Waals surface area contributed by atoms with E-state index >= 15 is 0 Å². The van der Waals surface area contributed by atoms with Gasteiger partial charge in [0.1, 0.15) is 5.75 Å². The molecule has 6 heteroatoms. The van der Waals surface area contributed by atoms with E-state index in [4.69, 9.17) is 4.74 Å². The Morgan fingerprint density at radius 1 is 1.04 bits per heavy atom. The Morgan fingerprint density at radius 2 is 1.85 bits per heavy atom. The number of nitrogens with zero attached hydrogens (tertiary/aromatic N) is 3. The number of aromatic nitrogens is 2. The molecule has 1 aliphatic heterocycles. The van der Waals surface area contributed by atoms with Crippen molar-refractivity contribution in [2.45, 2.75) is 6.42 Å². The highest BCUT2D eigenvalue weighted by Crippen LogP contribution is 2.32. The highest BCUT2D eigenvalue weighted by atomic mass is 16.5. The van der Waals surface area contributed by atoms with Crippen molar-refractivity contribution in [3.63, 3.8) is 0 Å². The number of hydrogen-bond donors (Lipinski definition) is 1. The normalized spacial score (nSPS) is 12.6. The number of carbonyl (C=O) groups excluding carboxylic acids is 1. The smallest absolute Gasteiger partial charge is 0.256 e. The molecule has 1 aliphatic rings. The van der Waals surface area contributed by atoms with Crippen LogP contribution in [0.5, 0.6) is 5.75 Å². The van der Waals surface area contributed by atoms with Crippen LogP contribution >= 0.6 is 0 Å². The number of rotatable bonds is 4. The quantitative estimate of drug-likeness (QED) is 0.784. The second-order valence-electron chi connectivity index (χ2n) is 5.99. The minimum absolute atomic E-state index is 0.235. The van der Waals surface area contributed by atoms with Gasteiger partial charge in [0, 0.05) is 17.8 Å². The maximum absolute atomic E-state index is 12.3. The predicted octanol–water partition coefficient (Wildman–Crippen LogP) is 3.43. The van der Waals surface area contributed by atoms with E-state index in [1.54, 1.807) is 37.4 Å². The Labute approximate surface area is 151 Å². The maximum Gasteiger partial charge on any atom is 0.256 e. The molecular weight excluding hydrogens is 328 g/mol. The lowest BCUT2D eigenvalue weighted by Gasteiger charge is -2.17. The third-order valence-electron chi connectivity index (χ3n) is 4.41. The number of methoxy groups -OCH3 is 1. The van der Waals surface area contributed by atoms with Crippen LogP contribution in [0.15, 0.2) is 60.7 Å². The SMILES string of the molecule is COc1ccc(C(=O)Nc2ccc(N3CCc4ccccc43)nn2)cc1. The van der Waals surface area contributed by atoms with Gasteiger partial charge in [-0.05, 0) is 54.4 Å². The molecule has 1 N–H and O–H groups in total. The van der Waals surface area contributed by atoms with Gasteiger partial charge < -0.3 is 15.0 Å². The Hall–Kier alpha value is -3.41. The van der Waals surface area contributed by atoms with Crippen LogP contribution in [0.4, 0.5) is 17.3 Å². The number of fused-ring (bicyclic) bond motifs is 1. The van der Waals surface area contributed by atoms with Crippen LogP contribution in [0.25, 0.3) is 0 Å². The molecule has 4 rings (SSSR count). The van der Waals surface area contributed by atoms with Crippen LogP contribution in [0.3, 0.4) is 0 Å². The van der Waals surface area contributed by atoms with Crippen molar-refractivity contribution in [1.82, 2.24) is 10.2 Å². The fraction of sp³-hybridized carbons (Fsp3) is 0.150. The molecule has 0 fully saturated rings. The first-order valence-corrected chi connectivity index (χ1v) is 8.39. The van der Waals surface area contributed by atoms with E-state index in [1.165, 1.54) is 5.56 Å². The fourth-order valence-corrected chi connectivity index (χ4v) is 3.04. The first-order chi connectivity index (χ1) is 12.7. The number of ether oxygens (including phenoxy) is 1. The zero-order chi connectivity index (χ0) is 17.9. The summed E-state index contributed by atoms with van der Waals surface area (Å²) in [5, 5.41) is 11.2. The molecule has 0 saturated heterocycles. The summed E-state index contributed by atoms with van der Waals surface area (Å²) < 4.78 is 5.10. The van der Waals surface area contributed by atoms with Crippen LogP contribution < -0.4 is 15.0 Å². The highest BCUT2D eigenvalue weighted by Gasteiger charge is 2.21. The van der Waals surface area contributed by atoms with Gasteiger partial charge in [-0.2, -0.15) is 0 Å². The molecule has 0 unspecified atom stereocenters. The lowest BCUT2D eigenvalue weighted by Crippen LogP contribution is -2.17. The van der Waals surface area contributed by atoms with E-state index < -0.39 is 0 Å². The van der Waals surface area contributed by atoms with Gasteiger partial charge in [0.05, 0.1) is 7.11 Å². The summed E-state index contributed by atoms with van der Waals surface area (Å²) >= 11 is 0. The Kier molecular flexibility index (Phi) is 4.23. The molecule has 0 saturated carbocycles. The van der Waals surface area contributed by atoms with E-state index in [2.05, 4.69) is 32.5 Å². The summed E-state index contributed by atoms with van der Waals surface area (Å²) in [4.78, 5) is 14.4. The molecule has 1 aromatic heterocycles. The van der Waals surface area contributed by atoms with Crippen molar-refractivity contribution in [1.29, 1.82) is 0 Å². The Bertz CT molecular complexity index is 923. The maximum atomic E-state index is 12.3. The number of hydrogen-bond acceptors (Lipinski definition) is 5. The summed E-state index contributed by atoms with van der Waals surface area (Å²) in [6.45, 7) is 0.881. The molecule has 26 heavy (non-hydrogen) atoms. The average molecular weight is 346 g/mol. The third-order valence-corrected chi connectivity index (χ3v) is 4.41. The van der Waals surface area contributed by atoms with Crippen molar-refractivity contribution in [3.05, 3.63) is 71.8 Å². The minimum atomic E-state index is -0.235. The fourth-order valence-electron chi connectivity index (χ4n) is 3.04. The van der Waals surface area contributed by atoms with E-state index in [0.717, 1.165) is 24.5 Å². The summed E-state index contributed by atoms with van der Waals surface area (Å²) in [6, 6.07) is 18.8. The molecule has 0 aliphatic carbocycles. The summed E-state index contributed by atoms with van der Waals surface area (Å²) in [5.74, 6) is 1.66. The van der Waals surface area contributed by atoms with Gasteiger partial charge >= 0.3 is 0 Å². The standard InChI is InChI=1S/C20H18N4O2/c1-26-16-8-6-15(7-9-16)20(25)21-18-10-11-19(23-22-18)24-13-12-14-4-2-3-5-17(14)24/h2-11H,12-13H2,1H3,(H,21,22,25). The summed E-state index contributed by atoms with van der Waals surface area (Å²) in [6.07, 6.45) is 0.994. The molecule has 0 radical (unpaired) electrons. The third kappa shape index (κ3) is 3.09. The summed E-state index contributed by atoms with van der Waals surface area (Å²) in [5.41, 5.74) is 3.01. The zero-order valence-electron chi connectivity index (χ0n) is 14.3. The lowest BCUT2D eigenvalue weighted by molar-refractivity contribution is 0.102. The molecule has 0 atom stereocenters. The van der Waals surface area contributed by atoms with Gasteiger partial charge in [-0.25, -0.2) is 0 Å². The van der Waals surface area contributed by atoms with Crippen molar-refractivity contribution in [3.8, 4) is 5.75 Å². The topological polar surface area (TPSA) is 67.3 Å². The molecule has 2 heterocycles. The number of anilines is 3. The van der Waals surface area contributed by atoms with Crippen molar-refractivity contribution in [2.75, 3.05) is 23.9 Å². The molecule has 6 nitrogen and oxygen atoms in total. The molecule has 0 bridgehead atoms. The van der Waals surface area contributed by atoms with Crippen molar-refractivity contribution < 1.29 is 9.53 Å². The molecular formula is C20H18N4O2. The first-order valence-electron chi connectivity index (χ1n) is 8.39. The van der Waals surface area contributed by atoms with E-state index in [0.29, 0.717) is 17.1 Å². The van der Waals surface area contributed by atoms with E-state index in [9.17, 15) is 4.79 Å². The van der Waals surface area contributed by atoms with Crippen LogP contribution in [0, 0.1) is 0 Å². The molecule has 3 aromatic rings. The Balaban J connectivity index is 1.47. The van der Waals surface area contributed by atoms with Gasteiger partial charge in [-0.1, -0.05) is 18.2 Å². The van der Waals surface area contributed by atoms with Gasteiger partial charge in [0.15, 0.2) is 11.6 Å². The number of para-hydroxylation sites is 1. The number of benzene rings is 2. The number of nitrogens with one attached hydrogen (secondary N) is 1. The van der Waals surface area contributed by atoms with Gasteiger partial charge in [-0.15, -0.1) is 10.2 Å². The Morgan fingerprint density at radius 3 is 2.58 bits per heavy atom. The van der Waals surface area contributed by atoms with Crippen molar-refractivity contribution in [2.24, 2.45) is 0 Å². The highest BCUT2D eigenvalue weighted by molar-refractivity contribution is 6.03. The first kappa shape index (κ1) is 16.1. The van der Waals surface area contributed by atoms with Gasteiger partial charge in [-0.3, -0.25) is 4.79 Å². The average Bonchev–Trinajstić information content (AvgIpc) is 3.13. The molecule has 130 valence electrons. The van der Waals surface area contributed by atoms with Crippen LogP contribution in [-0.4, -0.2) is 29.8 Å². The van der Waals surface area contributed by atoms with E-state index in [-0.39, 0.29) is 5.91 Å². The lowest BCUT2D eigenvalue weighted by atomic mass is 10.2. The zero-order valence-corrected chi connectivity index (χ0v) is 14.3. The van der Waals surface area contributed by atoms with Gasteiger partial charge in [0.25, 0.3) is 5.91 Å². The number of carbonyl (C=O) groups is 1. The monoisotopic (exact) mass is 346 g/mol. The second-order valence-corrected chi connectivity index (χ2v) is 5.99. The van der Waals surface area contributed by atoms with Crippen molar-refractivity contribution >= 4 is 23.2 Å². The molecule has 0 spiro atoms. The minimum Gasteiger partial charge on any atom is -0.497 e. The molecule has 1 amide bonds. The van der Waals surface area contributed by atoms with Gasteiger partial charge in [0.2, 0.25) is 0 Å². The van der Waals surface area contributed by atoms with Crippen LogP contribution in [-0.2, 0) is 6.42 Å². The molecule has 2 aromatic carbocycles. The largest absolute Gasteiger partial charge is 0.497 e. The second kappa shape index (κ2) is 6.84.